The van der Waals surface area contributed by atoms with Crippen LogP contribution < -0.4 is 0 Å². The Balaban J connectivity index is 2.87. The standard InChI is InChI=1S/C6H10O7/c7-1-2-3(8)4(9)6(12,13-2)5(10)11/h2-4,7-9,12H,1H2,(H,10,11)/t2-,3-,4+,6+/m1/s1. The molecule has 1 fully saturated rings. The minimum absolute atomic E-state index is 0.687. The first kappa shape index (κ1) is 10.4. The van der Waals surface area contributed by atoms with Crippen molar-refractivity contribution in [1.82, 2.24) is 0 Å². The van der Waals surface area contributed by atoms with E-state index in [1.807, 2.05) is 0 Å². The van der Waals surface area contributed by atoms with Crippen molar-refractivity contribution in [2.24, 2.45) is 0 Å². The summed E-state index contributed by atoms with van der Waals surface area (Å²) in [5.74, 6) is -4.65. The summed E-state index contributed by atoms with van der Waals surface area (Å²) in [7, 11) is 0. The number of aliphatic hydroxyl groups excluding tert-OH is 3. The Morgan fingerprint density at radius 1 is 1.46 bits per heavy atom. The molecule has 0 amide bonds. The molecule has 1 heterocycles. The van der Waals surface area contributed by atoms with Gasteiger partial charge in [-0.05, 0) is 0 Å². The van der Waals surface area contributed by atoms with Crippen molar-refractivity contribution >= 4 is 5.97 Å². The lowest BCUT2D eigenvalue weighted by atomic mass is 10.1. The Bertz CT molecular complexity index is 217. The zero-order valence-electron chi connectivity index (χ0n) is 6.49. The maximum Gasteiger partial charge on any atom is 0.367 e. The van der Waals surface area contributed by atoms with Gasteiger partial charge in [0.2, 0.25) is 0 Å². The van der Waals surface area contributed by atoms with E-state index < -0.39 is 36.7 Å². The molecule has 0 aromatic rings. The number of aliphatic carboxylic acids is 1. The van der Waals surface area contributed by atoms with Crippen LogP contribution in [0.15, 0.2) is 0 Å². The molecule has 0 aromatic heterocycles. The fourth-order valence-electron chi connectivity index (χ4n) is 1.13. The molecule has 1 rings (SSSR count). The maximum absolute atomic E-state index is 10.4. The summed E-state index contributed by atoms with van der Waals surface area (Å²) in [5, 5.41) is 44.3. The normalized spacial score (nSPS) is 45.1. The number of hydrogen-bond acceptors (Lipinski definition) is 6. The number of carbonyl (C=O) groups is 1. The molecule has 0 saturated carbocycles. The van der Waals surface area contributed by atoms with Gasteiger partial charge in [-0.1, -0.05) is 0 Å². The summed E-state index contributed by atoms with van der Waals surface area (Å²) in [6, 6.07) is 0. The first-order valence-electron chi connectivity index (χ1n) is 3.54. The predicted molar refractivity (Wildman–Crippen MR) is 36.6 cm³/mol. The number of aliphatic hydroxyl groups is 4. The number of hydrogen-bond donors (Lipinski definition) is 5. The molecular weight excluding hydrogens is 184 g/mol. The SMILES string of the molecule is O=C(O)[C@@]1(O)O[C@H](CO)[C@@H](O)[C@@H]1O. The second-order valence-electron chi connectivity index (χ2n) is 2.78. The fraction of sp³-hybridized carbons (Fsp3) is 0.833. The van der Waals surface area contributed by atoms with Gasteiger partial charge in [-0.2, -0.15) is 0 Å². The van der Waals surface area contributed by atoms with Crippen LogP contribution in [-0.2, 0) is 9.53 Å². The highest BCUT2D eigenvalue weighted by Crippen LogP contribution is 2.29. The summed E-state index contributed by atoms with van der Waals surface area (Å²) >= 11 is 0. The average molecular weight is 194 g/mol. The van der Waals surface area contributed by atoms with Crippen molar-refractivity contribution < 1.29 is 35.1 Å². The van der Waals surface area contributed by atoms with Gasteiger partial charge in [0.05, 0.1) is 6.61 Å². The van der Waals surface area contributed by atoms with Gasteiger partial charge in [-0.15, -0.1) is 0 Å². The van der Waals surface area contributed by atoms with Crippen molar-refractivity contribution in [3.63, 3.8) is 0 Å². The molecule has 1 saturated heterocycles. The van der Waals surface area contributed by atoms with Crippen LogP contribution >= 0.6 is 0 Å². The third kappa shape index (κ3) is 1.40. The number of ether oxygens (including phenoxy) is 1. The quantitative estimate of drug-likeness (QED) is 0.314. The Hall–Kier alpha value is -0.730. The van der Waals surface area contributed by atoms with Crippen LogP contribution in [0.4, 0.5) is 0 Å². The zero-order valence-corrected chi connectivity index (χ0v) is 6.49. The van der Waals surface area contributed by atoms with Crippen LogP contribution in [0.25, 0.3) is 0 Å². The summed E-state index contributed by atoms with van der Waals surface area (Å²) < 4.78 is 4.39. The molecule has 13 heavy (non-hydrogen) atoms. The van der Waals surface area contributed by atoms with Crippen molar-refractivity contribution in [1.29, 1.82) is 0 Å². The number of carboxylic acids is 1. The minimum atomic E-state index is -2.84. The van der Waals surface area contributed by atoms with Crippen molar-refractivity contribution in [2.45, 2.75) is 24.1 Å². The van der Waals surface area contributed by atoms with E-state index >= 15 is 0 Å². The molecule has 1 aliphatic rings. The smallest absolute Gasteiger partial charge is 0.367 e. The second kappa shape index (κ2) is 3.20. The summed E-state index contributed by atoms with van der Waals surface area (Å²) in [6.45, 7) is -0.687. The lowest BCUT2D eigenvalue weighted by Crippen LogP contribution is -2.49. The van der Waals surface area contributed by atoms with Gasteiger partial charge in [0, 0.05) is 0 Å². The minimum Gasteiger partial charge on any atom is -0.477 e. The van der Waals surface area contributed by atoms with E-state index in [2.05, 4.69) is 4.74 Å². The zero-order chi connectivity index (χ0) is 10.2. The summed E-state index contributed by atoms with van der Waals surface area (Å²) in [6.07, 6.45) is -4.88. The van der Waals surface area contributed by atoms with Crippen LogP contribution in [-0.4, -0.2) is 62.2 Å². The van der Waals surface area contributed by atoms with Gasteiger partial charge < -0.3 is 30.3 Å². The second-order valence-corrected chi connectivity index (χ2v) is 2.78. The molecule has 0 aliphatic carbocycles. The van der Waals surface area contributed by atoms with Crippen molar-refractivity contribution in [3.8, 4) is 0 Å². The first-order chi connectivity index (χ1) is 5.93. The lowest BCUT2D eigenvalue weighted by molar-refractivity contribution is -0.239. The van der Waals surface area contributed by atoms with Gasteiger partial charge in [0.1, 0.15) is 18.3 Å². The monoisotopic (exact) mass is 194 g/mol. The Morgan fingerprint density at radius 2 is 2.00 bits per heavy atom. The largest absolute Gasteiger partial charge is 0.477 e. The molecule has 5 N–H and O–H groups in total. The molecule has 0 aromatic carbocycles. The van der Waals surface area contributed by atoms with Gasteiger partial charge >= 0.3 is 5.97 Å². The molecular formula is C6H10O7. The van der Waals surface area contributed by atoms with Gasteiger partial charge in [-0.25, -0.2) is 4.79 Å². The third-order valence-electron chi connectivity index (χ3n) is 1.92. The van der Waals surface area contributed by atoms with E-state index in [9.17, 15) is 4.79 Å². The molecule has 7 nitrogen and oxygen atoms in total. The number of rotatable bonds is 2. The van der Waals surface area contributed by atoms with E-state index in [-0.39, 0.29) is 0 Å². The molecule has 0 unspecified atom stereocenters. The summed E-state index contributed by atoms with van der Waals surface area (Å²) in [5.41, 5.74) is 0. The first-order valence-corrected chi connectivity index (χ1v) is 3.54. The van der Waals surface area contributed by atoms with E-state index in [4.69, 9.17) is 25.5 Å². The van der Waals surface area contributed by atoms with Gasteiger partial charge in [-0.3, -0.25) is 0 Å². The molecule has 4 atom stereocenters. The summed E-state index contributed by atoms with van der Waals surface area (Å²) in [4.78, 5) is 10.4. The van der Waals surface area contributed by atoms with Crippen LogP contribution in [0.1, 0.15) is 0 Å². The number of carboxylic acid groups (broad SMARTS) is 1. The molecule has 76 valence electrons. The Labute approximate surface area is 72.8 Å². The maximum atomic E-state index is 10.4. The van der Waals surface area contributed by atoms with Gasteiger partial charge in [0.25, 0.3) is 5.79 Å². The molecule has 7 heteroatoms. The van der Waals surface area contributed by atoms with E-state index in [1.54, 1.807) is 0 Å². The predicted octanol–water partition coefficient (Wildman–Crippen LogP) is -3.13. The molecule has 0 radical (unpaired) electrons. The van der Waals surface area contributed by atoms with Crippen molar-refractivity contribution in [3.05, 3.63) is 0 Å². The fourth-order valence-corrected chi connectivity index (χ4v) is 1.13. The highest BCUT2D eigenvalue weighted by molar-refractivity contribution is 5.76. The van der Waals surface area contributed by atoms with Crippen molar-refractivity contribution in [2.75, 3.05) is 6.61 Å². The highest BCUT2D eigenvalue weighted by Gasteiger charge is 2.58. The third-order valence-corrected chi connectivity index (χ3v) is 1.92. The Morgan fingerprint density at radius 3 is 2.23 bits per heavy atom. The highest BCUT2D eigenvalue weighted by atomic mass is 16.7. The lowest BCUT2D eigenvalue weighted by Gasteiger charge is -2.19. The average Bonchev–Trinajstić information content (AvgIpc) is 2.31. The van der Waals surface area contributed by atoms with Gasteiger partial charge in [0.15, 0.2) is 0 Å². The molecule has 1 aliphatic heterocycles. The van der Waals surface area contributed by atoms with Crippen LogP contribution in [0.5, 0.6) is 0 Å². The van der Waals surface area contributed by atoms with Crippen LogP contribution in [0.2, 0.25) is 0 Å². The molecule has 0 spiro atoms. The van der Waals surface area contributed by atoms with Crippen LogP contribution in [0, 0.1) is 0 Å². The Kier molecular flexibility index (Phi) is 2.55. The topological polar surface area (TPSA) is 127 Å². The van der Waals surface area contributed by atoms with Crippen LogP contribution in [0.3, 0.4) is 0 Å². The van der Waals surface area contributed by atoms with E-state index in [1.165, 1.54) is 0 Å². The van der Waals surface area contributed by atoms with E-state index in [0.29, 0.717) is 0 Å². The van der Waals surface area contributed by atoms with E-state index in [0.717, 1.165) is 0 Å². The molecule has 0 bridgehead atoms.